The lowest BCUT2D eigenvalue weighted by Gasteiger charge is -2.27. The largest absolute Gasteiger partial charge is 0.484 e. The first-order valence-corrected chi connectivity index (χ1v) is 11.0. The van der Waals surface area contributed by atoms with E-state index >= 15 is 0 Å². The number of hydrogen-bond acceptors (Lipinski definition) is 3. The Morgan fingerprint density at radius 3 is 2.67 bits per heavy atom. The Bertz CT molecular complexity index is 1250. The average Bonchev–Trinajstić information content (AvgIpc) is 2.79. The van der Waals surface area contributed by atoms with Crippen LogP contribution in [0.15, 0.2) is 48.5 Å². The monoisotopic (exact) mass is 443 g/mol. The molecule has 4 rings (SSSR count). The quantitative estimate of drug-likeness (QED) is 0.480. The highest BCUT2D eigenvalue weighted by Crippen LogP contribution is 2.38. The van der Waals surface area contributed by atoms with E-state index in [4.69, 9.17) is 4.74 Å². The third kappa shape index (κ3) is 4.75. The minimum absolute atomic E-state index is 0.0522. The summed E-state index contributed by atoms with van der Waals surface area (Å²) in [6.45, 7) is 5.76. The van der Waals surface area contributed by atoms with Gasteiger partial charge in [0.2, 0.25) is 0 Å². The van der Waals surface area contributed by atoms with Gasteiger partial charge in [0.1, 0.15) is 23.4 Å². The van der Waals surface area contributed by atoms with Crippen LogP contribution in [0, 0.1) is 31.5 Å². The summed E-state index contributed by atoms with van der Waals surface area (Å²) in [6, 6.07) is 14.9. The van der Waals surface area contributed by atoms with Crippen molar-refractivity contribution in [1.82, 2.24) is 4.98 Å². The molecule has 2 atom stereocenters. The number of aryl methyl sites for hydroxylation is 3. The average molecular weight is 444 g/mol. The molecule has 1 N–H and O–H groups in total. The van der Waals surface area contributed by atoms with Gasteiger partial charge in [0.25, 0.3) is 0 Å². The lowest BCUT2D eigenvalue weighted by atomic mass is 9.91. The van der Waals surface area contributed by atoms with Crippen molar-refractivity contribution in [3.63, 3.8) is 0 Å². The maximum Gasteiger partial charge on any atom is 0.304 e. The first-order chi connectivity index (χ1) is 15.9. The van der Waals surface area contributed by atoms with E-state index in [1.54, 1.807) is 13.0 Å². The topological polar surface area (TPSA) is 59.4 Å². The van der Waals surface area contributed by atoms with E-state index in [1.165, 1.54) is 6.07 Å². The Balaban J connectivity index is 1.63. The van der Waals surface area contributed by atoms with Crippen LogP contribution in [0.1, 0.15) is 59.7 Å². The summed E-state index contributed by atoms with van der Waals surface area (Å²) >= 11 is 0. The molecule has 168 valence electrons. The van der Waals surface area contributed by atoms with Gasteiger partial charge in [0.15, 0.2) is 0 Å². The number of hydrogen-bond donors (Lipinski definition) is 1. The van der Waals surface area contributed by atoms with Crippen LogP contribution < -0.4 is 4.74 Å². The third-order valence-corrected chi connectivity index (χ3v) is 6.04. The van der Waals surface area contributed by atoms with Gasteiger partial charge in [-0.2, -0.15) is 0 Å². The molecular weight excluding hydrogens is 417 g/mol. The molecule has 1 aromatic heterocycles. The van der Waals surface area contributed by atoms with E-state index in [-0.39, 0.29) is 18.2 Å². The van der Waals surface area contributed by atoms with Crippen molar-refractivity contribution in [2.24, 2.45) is 0 Å². The highest BCUT2D eigenvalue weighted by molar-refractivity contribution is 5.69. The van der Waals surface area contributed by atoms with Gasteiger partial charge in [-0.3, -0.25) is 4.79 Å². The number of ether oxygens (including phenoxy) is 1. The summed E-state index contributed by atoms with van der Waals surface area (Å²) in [4.78, 5) is 15.9. The Hall–Kier alpha value is -3.65. The molecule has 5 heteroatoms. The summed E-state index contributed by atoms with van der Waals surface area (Å²) in [6.07, 6.45) is 0.725. The fraction of sp³-hybridized carbons (Fsp3) is 0.286. The first-order valence-electron chi connectivity index (χ1n) is 11.0. The zero-order valence-electron chi connectivity index (χ0n) is 19.0. The fourth-order valence-corrected chi connectivity index (χ4v) is 4.46. The van der Waals surface area contributed by atoms with Crippen molar-refractivity contribution in [3.8, 4) is 28.8 Å². The van der Waals surface area contributed by atoms with Crippen LogP contribution >= 0.6 is 0 Å². The third-order valence-electron chi connectivity index (χ3n) is 6.04. The Morgan fingerprint density at radius 2 is 1.97 bits per heavy atom. The molecule has 1 aliphatic heterocycles. The van der Waals surface area contributed by atoms with Gasteiger partial charge >= 0.3 is 5.97 Å². The van der Waals surface area contributed by atoms with Crippen LogP contribution in [0.2, 0.25) is 0 Å². The Kier molecular flexibility index (Phi) is 6.46. The fourth-order valence-electron chi connectivity index (χ4n) is 4.46. The SMILES string of the molecule is CC#CC(CC(=O)O)c1ccc2c(c1)CCC(c1nc(-c3c(C)cccc3C)ccc1F)O2. The number of fused-ring (bicyclic) bond motifs is 1. The Labute approximate surface area is 193 Å². The molecule has 0 radical (unpaired) electrons. The number of rotatable bonds is 5. The van der Waals surface area contributed by atoms with Crippen molar-refractivity contribution in [2.45, 2.75) is 52.1 Å². The summed E-state index contributed by atoms with van der Waals surface area (Å²) in [5.41, 5.74) is 6.08. The predicted molar refractivity (Wildman–Crippen MR) is 126 cm³/mol. The van der Waals surface area contributed by atoms with E-state index in [2.05, 4.69) is 16.8 Å². The number of halogens is 1. The number of carboxylic acids is 1. The van der Waals surface area contributed by atoms with Gasteiger partial charge in [-0.25, -0.2) is 9.37 Å². The van der Waals surface area contributed by atoms with Gasteiger partial charge in [0, 0.05) is 5.56 Å². The molecule has 0 amide bonds. The second-order valence-electron chi connectivity index (χ2n) is 8.39. The normalized spacial score (nSPS) is 15.6. The molecule has 0 saturated carbocycles. The Morgan fingerprint density at radius 1 is 1.21 bits per heavy atom. The molecule has 0 spiro atoms. The van der Waals surface area contributed by atoms with Crippen LogP contribution in [0.4, 0.5) is 4.39 Å². The zero-order chi connectivity index (χ0) is 23.5. The lowest BCUT2D eigenvalue weighted by Crippen LogP contribution is -2.18. The molecule has 1 aliphatic rings. The van der Waals surface area contributed by atoms with Crippen LogP contribution in [0.25, 0.3) is 11.3 Å². The van der Waals surface area contributed by atoms with E-state index in [9.17, 15) is 14.3 Å². The first kappa shape index (κ1) is 22.5. The molecule has 3 aromatic rings. The van der Waals surface area contributed by atoms with Crippen molar-refractivity contribution >= 4 is 5.97 Å². The van der Waals surface area contributed by atoms with Gasteiger partial charge in [-0.1, -0.05) is 36.3 Å². The van der Waals surface area contributed by atoms with E-state index in [1.807, 2.05) is 50.2 Å². The summed E-state index contributed by atoms with van der Waals surface area (Å²) in [5, 5.41) is 9.20. The molecule has 0 saturated heterocycles. The van der Waals surface area contributed by atoms with E-state index in [0.29, 0.717) is 24.3 Å². The molecule has 2 heterocycles. The molecule has 4 nitrogen and oxygen atoms in total. The molecular formula is C28H26FNO3. The number of benzene rings is 2. The molecule has 33 heavy (non-hydrogen) atoms. The number of aromatic nitrogens is 1. The van der Waals surface area contributed by atoms with E-state index < -0.39 is 12.1 Å². The van der Waals surface area contributed by atoms with Gasteiger partial charge in [-0.05, 0) is 74.1 Å². The lowest BCUT2D eigenvalue weighted by molar-refractivity contribution is -0.137. The minimum atomic E-state index is -0.887. The summed E-state index contributed by atoms with van der Waals surface area (Å²) in [5.74, 6) is 4.83. The highest BCUT2D eigenvalue weighted by atomic mass is 19.1. The molecule has 2 aromatic carbocycles. The maximum absolute atomic E-state index is 14.8. The van der Waals surface area contributed by atoms with Gasteiger partial charge < -0.3 is 9.84 Å². The molecule has 0 aliphatic carbocycles. The number of pyridine rings is 1. The predicted octanol–water partition coefficient (Wildman–Crippen LogP) is 6.15. The minimum Gasteiger partial charge on any atom is -0.484 e. The highest BCUT2D eigenvalue weighted by Gasteiger charge is 2.27. The standard InChI is InChI=1S/C28H26FNO3/c1-4-6-19(16-26(31)32)20-9-13-24-21(15-20)10-14-25(33-24)28-22(29)11-12-23(30-28)27-17(2)7-5-8-18(27)3/h5,7-9,11-13,15,19,25H,10,14,16H2,1-3H3,(H,31,32). The number of carboxylic acid groups (broad SMARTS) is 1. The van der Waals surface area contributed by atoms with E-state index in [0.717, 1.165) is 33.5 Å². The number of aliphatic carboxylic acids is 1. The van der Waals surface area contributed by atoms with Crippen LogP contribution in [-0.2, 0) is 11.2 Å². The number of carbonyl (C=O) groups is 1. The zero-order valence-corrected chi connectivity index (χ0v) is 19.0. The smallest absolute Gasteiger partial charge is 0.304 e. The number of nitrogens with zero attached hydrogens (tertiary/aromatic N) is 1. The van der Waals surface area contributed by atoms with Crippen molar-refractivity contribution in [3.05, 3.63) is 82.3 Å². The second kappa shape index (κ2) is 9.46. The van der Waals surface area contributed by atoms with Crippen molar-refractivity contribution in [1.29, 1.82) is 0 Å². The van der Waals surface area contributed by atoms with Crippen LogP contribution in [0.3, 0.4) is 0 Å². The molecule has 2 unspecified atom stereocenters. The van der Waals surface area contributed by atoms with Crippen molar-refractivity contribution in [2.75, 3.05) is 0 Å². The van der Waals surface area contributed by atoms with Gasteiger partial charge in [0.05, 0.1) is 18.0 Å². The summed E-state index contributed by atoms with van der Waals surface area (Å²) < 4.78 is 21.0. The molecule has 0 bridgehead atoms. The van der Waals surface area contributed by atoms with Crippen LogP contribution in [-0.4, -0.2) is 16.1 Å². The maximum atomic E-state index is 14.8. The van der Waals surface area contributed by atoms with Crippen LogP contribution in [0.5, 0.6) is 5.75 Å². The van der Waals surface area contributed by atoms with Gasteiger partial charge in [-0.15, -0.1) is 5.92 Å². The van der Waals surface area contributed by atoms with Crippen molar-refractivity contribution < 1.29 is 19.0 Å². The summed E-state index contributed by atoms with van der Waals surface area (Å²) in [7, 11) is 0. The second-order valence-corrected chi connectivity index (χ2v) is 8.39. The molecule has 0 fully saturated rings.